The first kappa shape index (κ1) is 15.9. The van der Waals surface area contributed by atoms with E-state index in [0.29, 0.717) is 16.3 Å². The first-order valence-corrected chi connectivity index (χ1v) is 8.33. The highest BCUT2D eigenvalue weighted by molar-refractivity contribution is 7.15. The van der Waals surface area contributed by atoms with Gasteiger partial charge in [0, 0.05) is 11.1 Å². The van der Waals surface area contributed by atoms with Crippen LogP contribution >= 0.6 is 22.9 Å². The van der Waals surface area contributed by atoms with Gasteiger partial charge in [0.15, 0.2) is 5.82 Å². The van der Waals surface area contributed by atoms with Crippen molar-refractivity contribution in [2.75, 3.05) is 0 Å². The van der Waals surface area contributed by atoms with Crippen molar-refractivity contribution < 1.29 is 8.78 Å². The first-order valence-electron chi connectivity index (χ1n) is 7.14. The van der Waals surface area contributed by atoms with E-state index in [2.05, 4.69) is 10.1 Å². The van der Waals surface area contributed by atoms with Crippen LogP contribution in [0.1, 0.15) is 5.56 Å². The van der Waals surface area contributed by atoms with Gasteiger partial charge in [-0.25, -0.2) is 8.78 Å². The summed E-state index contributed by atoms with van der Waals surface area (Å²) in [6.07, 6.45) is 1.39. The van der Waals surface area contributed by atoms with Crippen molar-refractivity contribution >= 4 is 34.0 Å². The van der Waals surface area contributed by atoms with E-state index in [9.17, 15) is 13.6 Å². The summed E-state index contributed by atoms with van der Waals surface area (Å²) in [4.78, 5) is 17.1. The van der Waals surface area contributed by atoms with Crippen LogP contribution in [0.15, 0.2) is 47.3 Å². The molecule has 0 N–H and O–H groups in total. The molecule has 0 saturated heterocycles. The maximum absolute atomic E-state index is 13.9. The predicted molar refractivity (Wildman–Crippen MR) is 92.7 cm³/mol. The lowest BCUT2D eigenvalue weighted by molar-refractivity contribution is 0.625. The van der Waals surface area contributed by atoms with Crippen LogP contribution in [-0.2, 0) is 0 Å². The summed E-state index contributed by atoms with van der Waals surface area (Å²) in [5, 5.41) is 4.37. The molecule has 0 aliphatic rings. The van der Waals surface area contributed by atoms with Crippen LogP contribution in [-0.4, -0.2) is 14.6 Å². The Morgan fingerprint density at radius 2 is 1.88 bits per heavy atom. The van der Waals surface area contributed by atoms with Crippen LogP contribution in [0, 0.1) is 11.6 Å². The van der Waals surface area contributed by atoms with Gasteiger partial charge in [-0.1, -0.05) is 29.0 Å². The number of aromatic nitrogens is 3. The number of nitrogens with zero attached hydrogens (tertiary/aromatic N) is 3. The lowest BCUT2D eigenvalue weighted by atomic mass is 10.2. The fourth-order valence-corrected chi connectivity index (χ4v) is 3.44. The molecule has 124 valence electrons. The fraction of sp³-hybridized carbons (Fsp3) is 0. The van der Waals surface area contributed by atoms with E-state index in [4.69, 9.17) is 11.6 Å². The quantitative estimate of drug-likeness (QED) is 0.540. The molecule has 25 heavy (non-hydrogen) atoms. The molecule has 0 spiro atoms. The zero-order chi connectivity index (χ0) is 17.6. The Balaban J connectivity index is 1.85. The van der Waals surface area contributed by atoms with Crippen molar-refractivity contribution in [2.24, 2.45) is 0 Å². The molecule has 0 saturated carbocycles. The maximum atomic E-state index is 13.9. The van der Waals surface area contributed by atoms with E-state index in [1.54, 1.807) is 6.07 Å². The molecular formula is C17H8ClF2N3OS. The molecule has 2 aromatic carbocycles. The van der Waals surface area contributed by atoms with Crippen molar-refractivity contribution in [2.45, 2.75) is 0 Å². The highest BCUT2D eigenvalue weighted by Gasteiger charge is 2.13. The van der Waals surface area contributed by atoms with Crippen molar-refractivity contribution in [1.29, 1.82) is 0 Å². The number of hydrogen-bond donors (Lipinski definition) is 0. The van der Waals surface area contributed by atoms with Crippen LogP contribution in [0.4, 0.5) is 8.78 Å². The van der Waals surface area contributed by atoms with Crippen LogP contribution in [0.2, 0.25) is 5.02 Å². The third kappa shape index (κ3) is 2.81. The van der Waals surface area contributed by atoms with Gasteiger partial charge in [-0.2, -0.15) is 9.50 Å². The molecule has 0 aliphatic carbocycles. The van der Waals surface area contributed by atoms with E-state index in [1.807, 2.05) is 0 Å². The van der Waals surface area contributed by atoms with E-state index in [-0.39, 0.29) is 20.9 Å². The minimum absolute atomic E-state index is 0.143. The highest BCUT2D eigenvalue weighted by Crippen LogP contribution is 2.20. The summed E-state index contributed by atoms with van der Waals surface area (Å²) in [6.45, 7) is 0. The van der Waals surface area contributed by atoms with E-state index >= 15 is 0 Å². The monoisotopic (exact) mass is 375 g/mol. The van der Waals surface area contributed by atoms with E-state index in [0.717, 1.165) is 15.9 Å². The summed E-state index contributed by atoms with van der Waals surface area (Å²) in [5.41, 5.74) is 0.323. The molecule has 4 aromatic rings. The average molecular weight is 376 g/mol. The second-order valence-corrected chi connectivity index (χ2v) is 6.60. The minimum atomic E-state index is -0.516. The van der Waals surface area contributed by atoms with Gasteiger partial charge in [-0.05, 0) is 42.5 Å². The van der Waals surface area contributed by atoms with E-state index < -0.39 is 11.4 Å². The summed E-state index contributed by atoms with van der Waals surface area (Å²) >= 11 is 7.06. The second-order valence-electron chi connectivity index (χ2n) is 5.19. The number of benzene rings is 2. The Bertz CT molecular complexity index is 1180. The molecule has 2 aromatic heterocycles. The Morgan fingerprint density at radius 1 is 1.12 bits per heavy atom. The lowest BCUT2D eigenvalue weighted by Crippen LogP contribution is -2.23. The number of halogens is 3. The molecule has 8 heteroatoms. The highest BCUT2D eigenvalue weighted by atomic mass is 35.5. The van der Waals surface area contributed by atoms with Crippen molar-refractivity contribution in [3.05, 3.63) is 79.6 Å². The summed E-state index contributed by atoms with van der Waals surface area (Å²) in [5.74, 6) is -0.565. The molecule has 0 unspecified atom stereocenters. The normalized spacial score (nSPS) is 12.2. The molecule has 0 fully saturated rings. The van der Waals surface area contributed by atoms with Crippen LogP contribution in [0.5, 0.6) is 0 Å². The van der Waals surface area contributed by atoms with Crippen molar-refractivity contribution in [1.82, 2.24) is 14.6 Å². The van der Waals surface area contributed by atoms with Crippen molar-refractivity contribution in [3.63, 3.8) is 0 Å². The number of hydrogen-bond acceptors (Lipinski definition) is 4. The number of rotatable bonds is 2. The minimum Gasteiger partial charge on any atom is -0.266 e. The zero-order valence-electron chi connectivity index (χ0n) is 12.4. The molecule has 0 amide bonds. The predicted octanol–water partition coefficient (Wildman–Crippen LogP) is 3.30. The number of thiazole rings is 1. The molecule has 2 heterocycles. The molecular weight excluding hydrogens is 368 g/mol. The van der Waals surface area contributed by atoms with E-state index in [1.165, 1.54) is 42.5 Å². The summed E-state index contributed by atoms with van der Waals surface area (Å²) < 4.78 is 28.3. The van der Waals surface area contributed by atoms with Crippen LogP contribution < -0.4 is 10.1 Å². The van der Waals surface area contributed by atoms with Gasteiger partial charge in [0.05, 0.1) is 9.55 Å². The Hall–Kier alpha value is -2.64. The van der Waals surface area contributed by atoms with Gasteiger partial charge in [-0.3, -0.25) is 4.79 Å². The Kier molecular flexibility index (Phi) is 3.82. The average Bonchev–Trinajstić information content (AvgIpc) is 3.12. The Labute approximate surface area is 148 Å². The summed E-state index contributed by atoms with van der Waals surface area (Å²) in [7, 11) is 0. The van der Waals surface area contributed by atoms with Crippen LogP contribution in [0.3, 0.4) is 0 Å². The smallest absolute Gasteiger partial charge is 0.266 e. The largest absolute Gasteiger partial charge is 0.291 e. The standard InChI is InChI=1S/C17H8ClF2N3OS/c18-12-2-1-3-13(20)11(12)8-14-16(24)23-17(25-14)21-15(22-23)9-4-6-10(19)7-5-9/h1-8H/b14-8-. The molecule has 0 bridgehead atoms. The van der Waals surface area contributed by atoms with Gasteiger partial charge < -0.3 is 0 Å². The number of fused-ring (bicyclic) bond motifs is 1. The topological polar surface area (TPSA) is 47.3 Å². The van der Waals surface area contributed by atoms with Gasteiger partial charge in [-0.15, -0.1) is 5.10 Å². The molecule has 0 radical (unpaired) electrons. The van der Waals surface area contributed by atoms with Gasteiger partial charge in [0.25, 0.3) is 5.56 Å². The van der Waals surface area contributed by atoms with Crippen molar-refractivity contribution in [3.8, 4) is 11.4 Å². The van der Waals surface area contributed by atoms with Gasteiger partial charge in [0.2, 0.25) is 4.96 Å². The lowest BCUT2D eigenvalue weighted by Gasteiger charge is -1.97. The summed E-state index contributed by atoms with van der Waals surface area (Å²) in [6, 6.07) is 9.96. The Morgan fingerprint density at radius 3 is 2.56 bits per heavy atom. The molecule has 4 rings (SSSR count). The van der Waals surface area contributed by atoms with Gasteiger partial charge in [0.1, 0.15) is 11.6 Å². The van der Waals surface area contributed by atoms with Gasteiger partial charge >= 0.3 is 0 Å². The third-order valence-corrected chi connectivity index (χ3v) is 4.85. The van der Waals surface area contributed by atoms with Crippen LogP contribution in [0.25, 0.3) is 22.4 Å². The SMILES string of the molecule is O=c1/c(=C/c2c(F)cccc2Cl)sc2nc(-c3ccc(F)cc3)nn12. The second kappa shape index (κ2) is 6.02. The molecule has 4 nitrogen and oxygen atoms in total. The first-order chi connectivity index (χ1) is 12.0. The molecule has 0 aliphatic heterocycles. The molecule has 0 atom stereocenters. The fourth-order valence-electron chi connectivity index (χ4n) is 2.33. The third-order valence-electron chi connectivity index (χ3n) is 3.56. The zero-order valence-corrected chi connectivity index (χ0v) is 14.0. The maximum Gasteiger partial charge on any atom is 0.291 e.